The summed E-state index contributed by atoms with van der Waals surface area (Å²) < 4.78 is 25.0. The van der Waals surface area contributed by atoms with Crippen molar-refractivity contribution < 1.29 is 8.78 Å². The van der Waals surface area contributed by atoms with Gasteiger partial charge in [-0.3, -0.25) is 0 Å². The molecule has 2 aliphatic rings. The summed E-state index contributed by atoms with van der Waals surface area (Å²) in [5.74, 6) is -1.55. The molecule has 0 nitrogen and oxygen atoms in total. The van der Waals surface area contributed by atoms with Crippen LogP contribution in [0.5, 0.6) is 0 Å². The summed E-state index contributed by atoms with van der Waals surface area (Å²) in [5, 5.41) is 0. The first kappa shape index (κ1) is 7.51. The molecule has 2 fully saturated rings. The fourth-order valence-corrected chi connectivity index (χ4v) is 2.79. The van der Waals surface area contributed by atoms with Crippen molar-refractivity contribution in [1.29, 1.82) is 0 Å². The number of hydrogen-bond acceptors (Lipinski definition) is 0. The summed E-state index contributed by atoms with van der Waals surface area (Å²) in [4.78, 5) is 0. The molecule has 0 atom stereocenters. The molecule has 0 saturated heterocycles. The van der Waals surface area contributed by atoms with Crippen molar-refractivity contribution in [1.82, 2.24) is 0 Å². The van der Waals surface area contributed by atoms with Gasteiger partial charge < -0.3 is 0 Å². The Hall–Kier alpha value is -0.140. The van der Waals surface area contributed by atoms with Gasteiger partial charge in [0.25, 0.3) is 0 Å². The van der Waals surface area contributed by atoms with Crippen LogP contribution in [0.15, 0.2) is 0 Å². The molecule has 0 aromatic rings. The maximum atomic E-state index is 12.5. The molecule has 0 aromatic heterocycles. The van der Waals surface area contributed by atoms with Gasteiger partial charge in [-0.25, -0.2) is 8.78 Å². The summed E-state index contributed by atoms with van der Waals surface area (Å²) in [6.45, 7) is 2.15. The van der Waals surface area contributed by atoms with Gasteiger partial charge in [-0.15, -0.1) is 0 Å². The lowest BCUT2D eigenvalue weighted by Crippen LogP contribution is -2.53. The number of halogens is 2. The minimum absolute atomic E-state index is 0.101. The van der Waals surface area contributed by atoms with Crippen LogP contribution in [0.2, 0.25) is 0 Å². The molecular weight excluding hydrogens is 146 g/mol. The average molecular weight is 160 g/mol. The van der Waals surface area contributed by atoms with E-state index in [1.54, 1.807) is 0 Å². The van der Waals surface area contributed by atoms with Crippen LogP contribution in [0.25, 0.3) is 0 Å². The second-order valence-corrected chi connectivity index (χ2v) is 4.39. The molecule has 0 N–H and O–H groups in total. The molecular formula is C9H14F2. The highest BCUT2D eigenvalue weighted by Gasteiger charge is 2.61. The van der Waals surface area contributed by atoms with Gasteiger partial charge in [0.05, 0.1) is 0 Å². The summed E-state index contributed by atoms with van der Waals surface area (Å²) >= 11 is 0. The van der Waals surface area contributed by atoms with Crippen LogP contribution < -0.4 is 0 Å². The Balaban J connectivity index is 1.83. The van der Waals surface area contributed by atoms with Gasteiger partial charge in [-0.2, -0.15) is 0 Å². The second-order valence-electron chi connectivity index (χ2n) is 4.39. The van der Waals surface area contributed by atoms with E-state index in [2.05, 4.69) is 6.92 Å². The molecule has 1 spiro atoms. The molecule has 0 aromatic carbocycles. The van der Waals surface area contributed by atoms with Gasteiger partial charge in [0.1, 0.15) is 0 Å². The average Bonchev–Trinajstić information content (AvgIpc) is 1.75. The van der Waals surface area contributed by atoms with Crippen molar-refractivity contribution >= 4 is 0 Å². The molecule has 2 aliphatic carbocycles. The Kier molecular flexibility index (Phi) is 1.34. The predicted molar refractivity (Wildman–Crippen MR) is 39.6 cm³/mol. The van der Waals surface area contributed by atoms with Crippen LogP contribution in [0.3, 0.4) is 0 Å². The summed E-state index contributed by atoms with van der Waals surface area (Å²) in [6, 6.07) is 0. The van der Waals surface area contributed by atoms with Crippen molar-refractivity contribution in [2.45, 2.75) is 45.0 Å². The lowest BCUT2D eigenvalue weighted by Gasteiger charge is -2.57. The van der Waals surface area contributed by atoms with E-state index in [4.69, 9.17) is 0 Å². The first-order valence-corrected chi connectivity index (χ1v) is 4.43. The topological polar surface area (TPSA) is 0 Å². The standard InChI is InChI=1S/C9H14F2/c1-2-7-3-8(4-7)5-9(10,11)6-8/h7H,2-6H2,1H3. The molecule has 0 amide bonds. The number of rotatable bonds is 1. The Bertz CT molecular complexity index is 158. The lowest BCUT2D eigenvalue weighted by atomic mass is 9.50. The lowest BCUT2D eigenvalue weighted by molar-refractivity contribution is -0.206. The maximum absolute atomic E-state index is 12.5. The predicted octanol–water partition coefficient (Wildman–Crippen LogP) is 3.22. The fraction of sp³-hybridized carbons (Fsp3) is 1.00. The molecule has 64 valence electrons. The zero-order valence-corrected chi connectivity index (χ0v) is 6.87. The van der Waals surface area contributed by atoms with Crippen LogP contribution in [-0.4, -0.2) is 5.92 Å². The Morgan fingerprint density at radius 2 is 1.82 bits per heavy atom. The number of hydrogen-bond donors (Lipinski definition) is 0. The zero-order chi connectivity index (χ0) is 8.11. The summed E-state index contributed by atoms with van der Waals surface area (Å²) in [5.41, 5.74) is 0.101. The van der Waals surface area contributed by atoms with E-state index in [9.17, 15) is 8.78 Å². The highest BCUT2D eigenvalue weighted by molar-refractivity contribution is 5.06. The van der Waals surface area contributed by atoms with Gasteiger partial charge in [-0.05, 0) is 24.2 Å². The first-order valence-electron chi connectivity index (χ1n) is 4.43. The molecule has 0 aliphatic heterocycles. The van der Waals surface area contributed by atoms with E-state index >= 15 is 0 Å². The van der Waals surface area contributed by atoms with Crippen molar-refractivity contribution in [2.24, 2.45) is 11.3 Å². The molecule has 0 heterocycles. The van der Waals surface area contributed by atoms with Crippen molar-refractivity contribution in [2.75, 3.05) is 0 Å². The third kappa shape index (κ3) is 1.07. The smallest absolute Gasteiger partial charge is 0.207 e. The zero-order valence-electron chi connectivity index (χ0n) is 6.87. The van der Waals surface area contributed by atoms with Gasteiger partial charge in [0.15, 0.2) is 0 Å². The first-order chi connectivity index (χ1) is 5.05. The van der Waals surface area contributed by atoms with E-state index < -0.39 is 5.92 Å². The van der Waals surface area contributed by atoms with Crippen molar-refractivity contribution in [3.63, 3.8) is 0 Å². The molecule has 2 rings (SSSR count). The maximum Gasteiger partial charge on any atom is 0.249 e. The molecule has 0 unspecified atom stereocenters. The normalized spacial score (nSPS) is 33.0. The Labute approximate surface area is 66.0 Å². The highest BCUT2D eigenvalue weighted by Crippen LogP contribution is 2.64. The van der Waals surface area contributed by atoms with E-state index in [0.717, 1.165) is 18.8 Å². The van der Waals surface area contributed by atoms with E-state index in [-0.39, 0.29) is 18.3 Å². The molecule has 0 radical (unpaired) electrons. The van der Waals surface area contributed by atoms with E-state index in [1.807, 2.05) is 0 Å². The molecule has 11 heavy (non-hydrogen) atoms. The fourth-order valence-electron chi connectivity index (χ4n) is 2.79. The minimum atomic E-state index is -2.31. The number of alkyl halides is 2. The van der Waals surface area contributed by atoms with Gasteiger partial charge in [-0.1, -0.05) is 13.3 Å². The van der Waals surface area contributed by atoms with Gasteiger partial charge in [0, 0.05) is 12.8 Å². The Morgan fingerprint density at radius 1 is 1.27 bits per heavy atom. The van der Waals surface area contributed by atoms with Crippen molar-refractivity contribution in [3.8, 4) is 0 Å². The van der Waals surface area contributed by atoms with Crippen LogP contribution in [0.4, 0.5) is 8.78 Å². The van der Waals surface area contributed by atoms with Crippen LogP contribution in [-0.2, 0) is 0 Å². The van der Waals surface area contributed by atoms with Crippen LogP contribution in [0.1, 0.15) is 39.0 Å². The Morgan fingerprint density at radius 3 is 2.18 bits per heavy atom. The third-order valence-corrected chi connectivity index (χ3v) is 3.29. The molecule has 2 saturated carbocycles. The van der Waals surface area contributed by atoms with Crippen LogP contribution in [0, 0.1) is 11.3 Å². The summed E-state index contributed by atoms with van der Waals surface area (Å²) in [6.07, 6.45) is 3.67. The highest BCUT2D eigenvalue weighted by atomic mass is 19.3. The molecule has 2 heteroatoms. The van der Waals surface area contributed by atoms with Gasteiger partial charge >= 0.3 is 0 Å². The van der Waals surface area contributed by atoms with E-state index in [0.29, 0.717) is 0 Å². The largest absolute Gasteiger partial charge is 0.249 e. The van der Waals surface area contributed by atoms with Crippen molar-refractivity contribution in [3.05, 3.63) is 0 Å². The molecule has 0 bridgehead atoms. The van der Waals surface area contributed by atoms with Gasteiger partial charge in [0.2, 0.25) is 5.92 Å². The summed E-state index contributed by atoms with van der Waals surface area (Å²) in [7, 11) is 0. The SMILES string of the molecule is CCC1CC2(C1)CC(F)(F)C2. The quantitative estimate of drug-likeness (QED) is 0.552. The third-order valence-electron chi connectivity index (χ3n) is 3.29. The van der Waals surface area contributed by atoms with E-state index in [1.165, 1.54) is 6.42 Å². The van der Waals surface area contributed by atoms with Crippen LogP contribution >= 0.6 is 0 Å². The monoisotopic (exact) mass is 160 g/mol. The minimum Gasteiger partial charge on any atom is -0.207 e. The second kappa shape index (κ2) is 1.96.